The van der Waals surface area contributed by atoms with Gasteiger partial charge in [0.2, 0.25) is 5.91 Å². The number of hydrogen-bond donors (Lipinski definition) is 1. The van der Waals surface area contributed by atoms with Gasteiger partial charge in [-0.25, -0.2) is 0 Å². The van der Waals surface area contributed by atoms with Gasteiger partial charge in [-0.15, -0.1) is 0 Å². The molecule has 0 aromatic heterocycles. The molecular formula is C22H29NO5. The molecule has 1 N–H and O–H groups in total. The van der Waals surface area contributed by atoms with Gasteiger partial charge in [-0.1, -0.05) is 30.7 Å². The fourth-order valence-electron chi connectivity index (χ4n) is 3.26. The first-order valence-electron chi connectivity index (χ1n) is 9.93. The largest absolute Gasteiger partial charge is 0.372 e. The van der Waals surface area contributed by atoms with Crippen LogP contribution in [0.2, 0.25) is 0 Å². The fraction of sp³-hybridized carbons (Fsp3) is 0.545. The zero-order chi connectivity index (χ0) is 20.4. The predicted octanol–water partition coefficient (Wildman–Crippen LogP) is 2.56. The van der Waals surface area contributed by atoms with Crippen molar-refractivity contribution in [3.8, 4) is 0 Å². The number of ether oxygens (including phenoxy) is 1. The second-order valence-corrected chi connectivity index (χ2v) is 7.36. The van der Waals surface area contributed by atoms with Crippen LogP contribution in [0.1, 0.15) is 56.6 Å². The van der Waals surface area contributed by atoms with E-state index < -0.39 is 5.92 Å². The number of carbonyl (C=O) groups excluding carboxylic acids is 4. The van der Waals surface area contributed by atoms with Gasteiger partial charge >= 0.3 is 0 Å². The molecule has 1 fully saturated rings. The van der Waals surface area contributed by atoms with Gasteiger partial charge in [-0.2, -0.15) is 0 Å². The molecule has 1 aromatic carbocycles. The summed E-state index contributed by atoms with van der Waals surface area (Å²) in [5.74, 6) is -0.434. The highest BCUT2D eigenvalue weighted by Gasteiger charge is 2.28. The molecule has 1 aliphatic carbocycles. The summed E-state index contributed by atoms with van der Waals surface area (Å²) in [6.45, 7) is 2.27. The third kappa shape index (κ3) is 7.72. The van der Waals surface area contributed by atoms with Crippen LogP contribution in [0, 0.1) is 5.92 Å². The second kappa shape index (κ2) is 11.5. The Bertz CT molecular complexity index is 695. The number of carbonyl (C=O) groups is 4. The molecule has 1 atom stereocenters. The van der Waals surface area contributed by atoms with Crippen LogP contribution in [0.25, 0.3) is 0 Å². The molecule has 6 nitrogen and oxygen atoms in total. The number of nitrogens with one attached hydrogen (secondary N) is 1. The summed E-state index contributed by atoms with van der Waals surface area (Å²) in [4.78, 5) is 46.8. The van der Waals surface area contributed by atoms with Crippen LogP contribution in [-0.2, 0) is 36.9 Å². The first kappa shape index (κ1) is 22.0. The minimum Gasteiger partial charge on any atom is -0.372 e. The van der Waals surface area contributed by atoms with E-state index in [1.54, 1.807) is 0 Å². The third-order valence-electron chi connectivity index (χ3n) is 4.88. The zero-order valence-electron chi connectivity index (χ0n) is 16.5. The molecule has 0 spiro atoms. The van der Waals surface area contributed by atoms with Gasteiger partial charge in [-0.05, 0) is 37.3 Å². The lowest BCUT2D eigenvalue weighted by atomic mass is 9.83. The molecule has 1 amide bonds. The highest BCUT2D eigenvalue weighted by Crippen LogP contribution is 2.22. The molecule has 1 saturated carbocycles. The van der Waals surface area contributed by atoms with E-state index in [9.17, 15) is 19.2 Å². The Morgan fingerprint density at radius 2 is 1.82 bits per heavy atom. The molecule has 1 aromatic rings. The van der Waals surface area contributed by atoms with Gasteiger partial charge in [-0.3, -0.25) is 14.4 Å². The molecule has 0 bridgehead atoms. The lowest BCUT2D eigenvalue weighted by molar-refractivity contribution is -0.134. The van der Waals surface area contributed by atoms with Crippen LogP contribution >= 0.6 is 0 Å². The summed E-state index contributed by atoms with van der Waals surface area (Å²) in [5.41, 5.74) is 1.81. The van der Waals surface area contributed by atoms with Crippen molar-refractivity contribution in [3.63, 3.8) is 0 Å². The number of ketones is 3. The fourth-order valence-corrected chi connectivity index (χ4v) is 3.26. The molecule has 0 aliphatic heterocycles. The minimum atomic E-state index is -0.428. The van der Waals surface area contributed by atoms with E-state index in [0.29, 0.717) is 38.8 Å². The van der Waals surface area contributed by atoms with Crippen LogP contribution in [0.4, 0.5) is 0 Å². The van der Waals surface area contributed by atoms with Crippen molar-refractivity contribution in [1.29, 1.82) is 0 Å². The number of amides is 1. The third-order valence-corrected chi connectivity index (χ3v) is 4.88. The first-order valence-corrected chi connectivity index (χ1v) is 9.93. The first-order chi connectivity index (χ1) is 13.5. The van der Waals surface area contributed by atoms with E-state index in [2.05, 4.69) is 5.32 Å². The Morgan fingerprint density at radius 1 is 1.11 bits per heavy atom. The van der Waals surface area contributed by atoms with Gasteiger partial charge in [0.25, 0.3) is 0 Å². The van der Waals surface area contributed by atoms with Crippen molar-refractivity contribution < 1.29 is 23.9 Å². The minimum absolute atomic E-state index is 0.00711. The maximum Gasteiger partial charge on any atom is 0.246 e. The number of hydrogen-bond acceptors (Lipinski definition) is 5. The van der Waals surface area contributed by atoms with Crippen molar-refractivity contribution in [3.05, 3.63) is 35.4 Å². The molecule has 0 radical (unpaired) electrons. The van der Waals surface area contributed by atoms with Crippen molar-refractivity contribution >= 4 is 23.3 Å². The van der Waals surface area contributed by atoms with E-state index in [0.717, 1.165) is 24.0 Å². The van der Waals surface area contributed by atoms with E-state index in [1.165, 1.54) is 6.92 Å². The van der Waals surface area contributed by atoms with Gasteiger partial charge in [0, 0.05) is 32.4 Å². The highest BCUT2D eigenvalue weighted by atomic mass is 16.5. The van der Waals surface area contributed by atoms with E-state index >= 15 is 0 Å². The molecule has 152 valence electrons. The van der Waals surface area contributed by atoms with Crippen LogP contribution in [0.3, 0.4) is 0 Å². The predicted molar refractivity (Wildman–Crippen MR) is 105 cm³/mol. The number of rotatable bonds is 11. The van der Waals surface area contributed by atoms with E-state index in [1.807, 2.05) is 24.3 Å². The summed E-state index contributed by atoms with van der Waals surface area (Å²) >= 11 is 0. The Balaban J connectivity index is 1.69. The van der Waals surface area contributed by atoms with Gasteiger partial charge < -0.3 is 14.8 Å². The van der Waals surface area contributed by atoms with E-state index in [-0.39, 0.29) is 36.3 Å². The molecule has 6 heteroatoms. The second-order valence-electron chi connectivity index (χ2n) is 7.36. The Morgan fingerprint density at radius 3 is 2.50 bits per heavy atom. The van der Waals surface area contributed by atoms with Gasteiger partial charge in [0.05, 0.1) is 5.92 Å². The summed E-state index contributed by atoms with van der Waals surface area (Å²) in [5, 5.41) is 2.77. The van der Waals surface area contributed by atoms with Crippen LogP contribution in [-0.4, -0.2) is 36.5 Å². The Labute approximate surface area is 166 Å². The van der Waals surface area contributed by atoms with Gasteiger partial charge in [0.15, 0.2) is 0 Å². The maximum absolute atomic E-state index is 12.4. The maximum atomic E-state index is 12.4. The standard InChI is InChI=1S/C22H29NO5/c1-16(24)5-4-12-28-15-22(27)23-14-18-10-8-17(9-11-18)13-21(26)19-6-2-3-7-20(19)25/h8-11,19H,2-7,12-15H2,1H3,(H,23,27). The average molecular weight is 387 g/mol. The topological polar surface area (TPSA) is 89.5 Å². The lowest BCUT2D eigenvalue weighted by Gasteiger charge is -2.19. The Hall–Kier alpha value is -2.34. The van der Waals surface area contributed by atoms with Crippen LogP contribution in [0.5, 0.6) is 0 Å². The SMILES string of the molecule is CC(=O)CCCOCC(=O)NCc1ccc(CC(=O)C2CCCCC2=O)cc1. The molecule has 1 aliphatic rings. The number of Topliss-reactive ketones (excluding diaryl/α,β-unsaturated/α-hetero) is 3. The van der Waals surface area contributed by atoms with Crippen molar-refractivity contribution in [2.75, 3.05) is 13.2 Å². The quantitative estimate of drug-likeness (QED) is 0.466. The average Bonchev–Trinajstić information content (AvgIpc) is 2.67. The lowest BCUT2D eigenvalue weighted by Crippen LogP contribution is -2.28. The normalized spacial score (nSPS) is 16.6. The van der Waals surface area contributed by atoms with Crippen molar-refractivity contribution in [1.82, 2.24) is 5.32 Å². The molecule has 1 unspecified atom stereocenters. The monoisotopic (exact) mass is 387 g/mol. The molecule has 28 heavy (non-hydrogen) atoms. The van der Waals surface area contributed by atoms with E-state index in [4.69, 9.17) is 4.74 Å². The molecule has 0 heterocycles. The summed E-state index contributed by atoms with van der Waals surface area (Å²) in [6, 6.07) is 7.48. The summed E-state index contributed by atoms with van der Waals surface area (Å²) in [7, 11) is 0. The summed E-state index contributed by atoms with van der Waals surface area (Å²) in [6.07, 6.45) is 4.40. The van der Waals surface area contributed by atoms with Crippen molar-refractivity contribution in [2.24, 2.45) is 5.92 Å². The Kier molecular flexibility index (Phi) is 9.01. The highest BCUT2D eigenvalue weighted by molar-refractivity contribution is 6.03. The molecular weight excluding hydrogens is 358 g/mol. The zero-order valence-corrected chi connectivity index (χ0v) is 16.5. The molecule has 2 rings (SSSR count). The number of benzene rings is 1. The summed E-state index contributed by atoms with van der Waals surface area (Å²) < 4.78 is 5.23. The van der Waals surface area contributed by atoms with Crippen molar-refractivity contribution in [2.45, 2.75) is 58.4 Å². The van der Waals surface area contributed by atoms with Crippen LogP contribution < -0.4 is 5.32 Å². The van der Waals surface area contributed by atoms with Crippen LogP contribution in [0.15, 0.2) is 24.3 Å². The van der Waals surface area contributed by atoms with Gasteiger partial charge in [0.1, 0.15) is 24.0 Å². The molecule has 0 saturated heterocycles. The smallest absolute Gasteiger partial charge is 0.246 e.